The third kappa shape index (κ3) is 3.71. The first kappa shape index (κ1) is 16.0. The predicted octanol–water partition coefficient (Wildman–Crippen LogP) is 3.08. The highest BCUT2D eigenvalue weighted by Crippen LogP contribution is 2.47. The van der Waals surface area contributed by atoms with Gasteiger partial charge in [-0.3, -0.25) is 9.59 Å². The van der Waals surface area contributed by atoms with Crippen LogP contribution in [0.5, 0.6) is 0 Å². The van der Waals surface area contributed by atoms with Crippen molar-refractivity contribution in [2.45, 2.75) is 50.5 Å². The first-order valence-corrected chi connectivity index (χ1v) is 8.35. The lowest BCUT2D eigenvalue weighted by Crippen LogP contribution is -2.43. The number of carbonyl (C=O) groups is 2. The monoisotopic (exact) mass is 319 g/mol. The van der Waals surface area contributed by atoms with E-state index in [1.807, 2.05) is 0 Å². The molecule has 0 heterocycles. The summed E-state index contributed by atoms with van der Waals surface area (Å²) in [6.07, 6.45) is 5.01. The first-order chi connectivity index (χ1) is 11.1. The Kier molecular flexibility index (Phi) is 4.64. The third-order valence-corrected chi connectivity index (χ3v) is 5.09. The van der Waals surface area contributed by atoms with Gasteiger partial charge in [0, 0.05) is 12.0 Å². The average molecular weight is 319 g/mol. The highest BCUT2D eigenvalue weighted by Gasteiger charge is 2.45. The summed E-state index contributed by atoms with van der Waals surface area (Å²) < 4.78 is 13.0. The van der Waals surface area contributed by atoms with Crippen LogP contribution in [0.3, 0.4) is 0 Å². The number of carbonyl (C=O) groups excluding carboxylic acids is 1. The SMILES string of the molecule is O=C(N[C@H]1CCCCC[C@H]1C(=O)O)C1CC1c1ccc(F)cc1. The maximum absolute atomic E-state index is 13.0. The van der Waals surface area contributed by atoms with Crippen molar-refractivity contribution in [3.8, 4) is 0 Å². The number of halogens is 1. The van der Waals surface area contributed by atoms with Gasteiger partial charge in [0.15, 0.2) is 0 Å². The molecule has 4 nitrogen and oxygen atoms in total. The second kappa shape index (κ2) is 6.69. The molecule has 23 heavy (non-hydrogen) atoms. The molecular weight excluding hydrogens is 297 g/mol. The summed E-state index contributed by atoms with van der Waals surface area (Å²) >= 11 is 0. The molecule has 1 aromatic carbocycles. The Morgan fingerprint density at radius 2 is 1.74 bits per heavy atom. The molecule has 0 bridgehead atoms. The van der Waals surface area contributed by atoms with Crippen LogP contribution in [0.15, 0.2) is 24.3 Å². The highest BCUT2D eigenvalue weighted by molar-refractivity contribution is 5.84. The molecule has 1 aromatic rings. The topological polar surface area (TPSA) is 66.4 Å². The van der Waals surface area contributed by atoms with Crippen LogP contribution in [-0.4, -0.2) is 23.0 Å². The maximum Gasteiger partial charge on any atom is 0.308 e. The average Bonchev–Trinajstić information content (AvgIpc) is 3.31. The number of carboxylic acid groups (broad SMARTS) is 1. The molecule has 0 aromatic heterocycles. The predicted molar refractivity (Wildman–Crippen MR) is 83.4 cm³/mol. The van der Waals surface area contributed by atoms with E-state index in [1.54, 1.807) is 12.1 Å². The zero-order valence-electron chi connectivity index (χ0n) is 13.0. The van der Waals surface area contributed by atoms with Gasteiger partial charge in [0.25, 0.3) is 0 Å². The molecule has 2 saturated carbocycles. The van der Waals surface area contributed by atoms with Gasteiger partial charge < -0.3 is 10.4 Å². The molecule has 1 amide bonds. The molecule has 124 valence electrons. The summed E-state index contributed by atoms with van der Waals surface area (Å²) in [7, 11) is 0. The van der Waals surface area contributed by atoms with E-state index in [4.69, 9.17) is 0 Å². The fraction of sp³-hybridized carbons (Fsp3) is 0.556. The second-order valence-corrected chi connectivity index (χ2v) is 6.70. The minimum absolute atomic E-state index is 0.0579. The van der Waals surface area contributed by atoms with Crippen LogP contribution >= 0.6 is 0 Å². The molecule has 0 aliphatic heterocycles. The summed E-state index contributed by atoms with van der Waals surface area (Å²) in [6.45, 7) is 0. The lowest BCUT2D eigenvalue weighted by molar-refractivity contribution is -0.143. The third-order valence-electron chi connectivity index (χ3n) is 5.09. The van der Waals surface area contributed by atoms with Crippen LogP contribution in [0.25, 0.3) is 0 Å². The molecular formula is C18H22FNO3. The Morgan fingerprint density at radius 3 is 2.43 bits per heavy atom. The number of hydrogen-bond acceptors (Lipinski definition) is 2. The van der Waals surface area contributed by atoms with E-state index >= 15 is 0 Å². The van der Waals surface area contributed by atoms with Gasteiger partial charge in [-0.15, -0.1) is 0 Å². The number of carboxylic acids is 1. The summed E-state index contributed by atoms with van der Waals surface area (Å²) in [5.41, 5.74) is 0.974. The van der Waals surface area contributed by atoms with E-state index in [2.05, 4.69) is 5.32 Å². The summed E-state index contributed by atoms with van der Waals surface area (Å²) in [5, 5.41) is 12.3. The molecule has 2 fully saturated rings. The van der Waals surface area contributed by atoms with Gasteiger partial charge in [-0.2, -0.15) is 0 Å². The minimum Gasteiger partial charge on any atom is -0.481 e. The van der Waals surface area contributed by atoms with Crippen LogP contribution in [0.2, 0.25) is 0 Å². The number of hydrogen-bond donors (Lipinski definition) is 2. The highest BCUT2D eigenvalue weighted by atomic mass is 19.1. The number of rotatable bonds is 4. The van der Waals surface area contributed by atoms with Crippen molar-refractivity contribution in [1.29, 1.82) is 0 Å². The second-order valence-electron chi connectivity index (χ2n) is 6.70. The molecule has 4 atom stereocenters. The largest absolute Gasteiger partial charge is 0.481 e. The van der Waals surface area contributed by atoms with Crippen LogP contribution in [0.4, 0.5) is 4.39 Å². The van der Waals surface area contributed by atoms with Gasteiger partial charge in [-0.25, -0.2) is 4.39 Å². The van der Waals surface area contributed by atoms with Crippen molar-refractivity contribution in [3.63, 3.8) is 0 Å². The van der Waals surface area contributed by atoms with Crippen LogP contribution in [-0.2, 0) is 9.59 Å². The van der Waals surface area contributed by atoms with E-state index in [1.165, 1.54) is 12.1 Å². The summed E-state index contributed by atoms with van der Waals surface area (Å²) in [6, 6.07) is 6.00. The fourth-order valence-electron chi connectivity index (χ4n) is 3.63. The van der Waals surface area contributed by atoms with Gasteiger partial charge in [0.1, 0.15) is 5.82 Å². The molecule has 0 saturated heterocycles. The van der Waals surface area contributed by atoms with Gasteiger partial charge in [0.05, 0.1) is 5.92 Å². The van der Waals surface area contributed by atoms with Crippen molar-refractivity contribution >= 4 is 11.9 Å². The number of amides is 1. The van der Waals surface area contributed by atoms with Gasteiger partial charge >= 0.3 is 5.97 Å². The van der Waals surface area contributed by atoms with E-state index in [0.717, 1.165) is 37.7 Å². The molecule has 2 aliphatic rings. The molecule has 2 unspecified atom stereocenters. The Morgan fingerprint density at radius 1 is 1.04 bits per heavy atom. The smallest absolute Gasteiger partial charge is 0.308 e. The van der Waals surface area contributed by atoms with E-state index < -0.39 is 11.9 Å². The minimum atomic E-state index is -0.817. The van der Waals surface area contributed by atoms with Gasteiger partial charge in [-0.05, 0) is 42.9 Å². The lowest BCUT2D eigenvalue weighted by atomic mass is 9.94. The zero-order valence-corrected chi connectivity index (χ0v) is 13.0. The molecule has 2 N–H and O–H groups in total. The van der Waals surface area contributed by atoms with Gasteiger partial charge in [0.2, 0.25) is 5.91 Å². The molecule has 0 radical (unpaired) electrons. The van der Waals surface area contributed by atoms with Crippen LogP contribution < -0.4 is 5.32 Å². The van der Waals surface area contributed by atoms with Crippen molar-refractivity contribution in [1.82, 2.24) is 5.32 Å². The Hall–Kier alpha value is -1.91. The molecule has 0 spiro atoms. The lowest BCUT2D eigenvalue weighted by Gasteiger charge is -2.23. The molecule has 3 rings (SSSR count). The maximum atomic E-state index is 13.0. The van der Waals surface area contributed by atoms with Crippen LogP contribution in [0, 0.1) is 17.7 Å². The van der Waals surface area contributed by atoms with Crippen molar-refractivity contribution < 1.29 is 19.1 Å². The van der Waals surface area contributed by atoms with Crippen molar-refractivity contribution in [3.05, 3.63) is 35.6 Å². The zero-order chi connectivity index (χ0) is 16.4. The number of nitrogens with one attached hydrogen (secondary N) is 1. The molecule has 2 aliphatic carbocycles. The summed E-state index contributed by atoms with van der Waals surface area (Å²) in [5.74, 6) is -1.62. The van der Waals surface area contributed by atoms with Crippen LogP contribution in [0.1, 0.15) is 50.0 Å². The quantitative estimate of drug-likeness (QED) is 0.838. The standard InChI is InChI=1S/C18H22FNO3/c19-12-8-6-11(7-9-12)14-10-15(14)17(21)20-16-5-3-1-2-4-13(16)18(22)23/h6-9,13-16H,1-5,10H2,(H,20,21)(H,22,23)/t13-,14?,15?,16+/m1/s1. The summed E-state index contributed by atoms with van der Waals surface area (Å²) in [4.78, 5) is 23.8. The normalized spacial score (nSPS) is 30.3. The van der Waals surface area contributed by atoms with E-state index in [0.29, 0.717) is 6.42 Å². The Bertz CT molecular complexity index is 586. The van der Waals surface area contributed by atoms with E-state index in [-0.39, 0.29) is 29.6 Å². The molecule has 5 heteroatoms. The fourth-order valence-corrected chi connectivity index (χ4v) is 3.63. The van der Waals surface area contributed by atoms with E-state index in [9.17, 15) is 19.1 Å². The Balaban J connectivity index is 1.60. The first-order valence-electron chi connectivity index (χ1n) is 8.35. The van der Waals surface area contributed by atoms with Crippen molar-refractivity contribution in [2.75, 3.05) is 0 Å². The number of benzene rings is 1. The van der Waals surface area contributed by atoms with Gasteiger partial charge in [-0.1, -0.05) is 31.4 Å². The number of aliphatic carboxylic acids is 1. The Labute approximate surface area is 135 Å². The van der Waals surface area contributed by atoms with Crippen molar-refractivity contribution in [2.24, 2.45) is 11.8 Å².